The van der Waals surface area contributed by atoms with Gasteiger partial charge >= 0.3 is 0 Å². The first-order valence-electron chi connectivity index (χ1n) is 5.16. The molecule has 1 nitrogen and oxygen atoms in total. The Morgan fingerprint density at radius 3 is 2.81 bits per heavy atom. The van der Waals surface area contributed by atoms with Gasteiger partial charge in [-0.25, -0.2) is 0 Å². The predicted molar refractivity (Wildman–Crippen MR) is 66.6 cm³/mol. The van der Waals surface area contributed by atoms with Gasteiger partial charge in [0.25, 0.3) is 0 Å². The molecule has 0 aliphatic heterocycles. The maximum Gasteiger partial charge on any atom is 0.194 e. The third kappa shape index (κ3) is 1.49. The van der Waals surface area contributed by atoms with Crippen LogP contribution in [0.15, 0.2) is 30.3 Å². The van der Waals surface area contributed by atoms with Crippen LogP contribution in [0.1, 0.15) is 26.4 Å². The van der Waals surface area contributed by atoms with Crippen molar-refractivity contribution in [3.05, 3.63) is 56.2 Å². The summed E-state index contributed by atoms with van der Waals surface area (Å²) in [5, 5.41) is 0. The SMILES string of the molecule is O=C1c2ccccc2CCc2sc(Cl)cc21. The molecule has 0 spiro atoms. The van der Waals surface area contributed by atoms with E-state index in [1.807, 2.05) is 24.3 Å². The van der Waals surface area contributed by atoms with E-state index in [1.165, 1.54) is 11.3 Å². The van der Waals surface area contributed by atoms with Crippen LogP contribution in [-0.4, -0.2) is 5.78 Å². The molecule has 1 aromatic carbocycles. The molecule has 1 aromatic heterocycles. The topological polar surface area (TPSA) is 17.1 Å². The van der Waals surface area contributed by atoms with Gasteiger partial charge in [-0.15, -0.1) is 11.3 Å². The summed E-state index contributed by atoms with van der Waals surface area (Å²) in [5.41, 5.74) is 2.77. The van der Waals surface area contributed by atoms with Crippen LogP contribution < -0.4 is 0 Å². The van der Waals surface area contributed by atoms with Crippen molar-refractivity contribution >= 4 is 28.7 Å². The number of hydrogen-bond donors (Lipinski definition) is 0. The molecule has 0 atom stereocenters. The molecule has 0 radical (unpaired) electrons. The summed E-state index contributed by atoms with van der Waals surface area (Å²) < 4.78 is 0.706. The number of carbonyl (C=O) groups excluding carboxylic acids is 1. The van der Waals surface area contributed by atoms with Gasteiger partial charge in [-0.3, -0.25) is 4.79 Å². The van der Waals surface area contributed by atoms with Crippen LogP contribution in [-0.2, 0) is 12.8 Å². The van der Waals surface area contributed by atoms with Crippen molar-refractivity contribution in [2.45, 2.75) is 12.8 Å². The lowest BCUT2D eigenvalue weighted by atomic mass is 10.0. The van der Waals surface area contributed by atoms with Gasteiger partial charge in [-0.05, 0) is 24.5 Å². The summed E-state index contributed by atoms with van der Waals surface area (Å²) in [4.78, 5) is 13.4. The van der Waals surface area contributed by atoms with Crippen molar-refractivity contribution < 1.29 is 4.79 Å². The van der Waals surface area contributed by atoms with Crippen LogP contribution in [0.3, 0.4) is 0 Å². The summed E-state index contributed by atoms with van der Waals surface area (Å²) in [7, 11) is 0. The molecule has 0 unspecified atom stereocenters. The molecular formula is C13H9ClOS. The van der Waals surface area contributed by atoms with Crippen molar-refractivity contribution in [3.63, 3.8) is 0 Å². The minimum Gasteiger partial charge on any atom is -0.289 e. The Morgan fingerprint density at radius 2 is 1.94 bits per heavy atom. The lowest BCUT2D eigenvalue weighted by molar-refractivity contribution is 0.103. The Balaban J connectivity index is 2.21. The van der Waals surface area contributed by atoms with Gasteiger partial charge in [0, 0.05) is 16.0 Å². The van der Waals surface area contributed by atoms with E-state index in [0.29, 0.717) is 4.34 Å². The van der Waals surface area contributed by atoms with E-state index in [0.717, 1.165) is 34.4 Å². The number of benzene rings is 1. The standard InChI is InChI=1S/C13H9ClOS/c14-12-7-10-11(16-12)6-5-8-3-1-2-4-9(8)13(10)15/h1-4,7H,5-6H2. The van der Waals surface area contributed by atoms with E-state index in [1.54, 1.807) is 6.07 Å². The van der Waals surface area contributed by atoms with Crippen LogP contribution >= 0.6 is 22.9 Å². The minimum absolute atomic E-state index is 0.117. The van der Waals surface area contributed by atoms with Crippen molar-refractivity contribution in [3.8, 4) is 0 Å². The van der Waals surface area contributed by atoms with Gasteiger partial charge in [-0.2, -0.15) is 0 Å². The maximum atomic E-state index is 12.3. The molecule has 0 fully saturated rings. The average molecular weight is 249 g/mol. The molecule has 0 saturated carbocycles. The number of ketones is 1. The Hall–Kier alpha value is -1.12. The highest BCUT2D eigenvalue weighted by atomic mass is 35.5. The van der Waals surface area contributed by atoms with Crippen molar-refractivity contribution in [1.29, 1.82) is 0 Å². The molecule has 3 rings (SSSR count). The van der Waals surface area contributed by atoms with Crippen molar-refractivity contribution in [2.75, 3.05) is 0 Å². The molecule has 1 heterocycles. The summed E-state index contributed by atoms with van der Waals surface area (Å²) >= 11 is 7.49. The molecule has 0 saturated heterocycles. The fraction of sp³-hybridized carbons (Fsp3) is 0.154. The second-order valence-electron chi connectivity index (χ2n) is 3.87. The van der Waals surface area contributed by atoms with Crippen LogP contribution in [0.5, 0.6) is 0 Å². The monoisotopic (exact) mass is 248 g/mol. The number of halogens is 1. The predicted octanol–water partition coefficient (Wildman–Crippen LogP) is 3.73. The quantitative estimate of drug-likeness (QED) is 0.694. The van der Waals surface area contributed by atoms with Crippen LogP contribution in [0.2, 0.25) is 4.34 Å². The fourth-order valence-electron chi connectivity index (χ4n) is 2.13. The smallest absolute Gasteiger partial charge is 0.194 e. The molecule has 0 amide bonds. The largest absolute Gasteiger partial charge is 0.289 e. The maximum absolute atomic E-state index is 12.3. The number of carbonyl (C=O) groups is 1. The first kappa shape index (κ1) is 10.1. The zero-order valence-electron chi connectivity index (χ0n) is 8.50. The highest BCUT2D eigenvalue weighted by molar-refractivity contribution is 7.16. The first-order valence-corrected chi connectivity index (χ1v) is 6.36. The van der Waals surface area contributed by atoms with E-state index < -0.39 is 0 Å². The average Bonchev–Trinajstić information content (AvgIpc) is 2.62. The Morgan fingerprint density at radius 1 is 1.12 bits per heavy atom. The van der Waals surface area contributed by atoms with Crippen LogP contribution in [0.4, 0.5) is 0 Å². The van der Waals surface area contributed by atoms with Crippen LogP contribution in [0.25, 0.3) is 0 Å². The summed E-state index contributed by atoms with van der Waals surface area (Å²) in [6, 6.07) is 9.63. The molecule has 0 bridgehead atoms. The van der Waals surface area contributed by atoms with Gasteiger partial charge < -0.3 is 0 Å². The van der Waals surface area contributed by atoms with Gasteiger partial charge in [0.1, 0.15) is 0 Å². The van der Waals surface area contributed by atoms with Crippen LogP contribution in [0, 0.1) is 0 Å². The molecule has 16 heavy (non-hydrogen) atoms. The van der Waals surface area contributed by atoms with E-state index in [4.69, 9.17) is 11.6 Å². The van der Waals surface area contributed by atoms with Gasteiger partial charge in [0.15, 0.2) is 5.78 Å². The number of hydrogen-bond acceptors (Lipinski definition) is 2. The highest BCUT2D eigenvalue weighted by Crippen LogP contribution is 2.32. The second kappa shape index (κ2) is 3.72. The molecule has 1 aliphatic rings. The first-order chi connectivity index (χ1) is 7.75. The lowest BCUT2D eigenvalue weighted by Gasteiger charge is -2.02. The molecule has 2 aromatic rings. The zero-order valence-corrected chi connectivity index (χ0v) is 10.1. The molecule has 0 N–H and O–H groups in total. The number of rotatable bonds is 0. The number of thiophene rings is 1. The van der Waals surface area contributed by atoms with E-state index >= 15 is 0 Å². The molecular weight excluding hydrogens is 240 g/mol. The Bertz CT molecular complexity index is 571. The van der Waals surface area contributed by atoms with Crippen molar-refractivity contribution in [1.82, 2.24) is 0 Å². The molecule has 1 aliphatic carbocycles. The normalized spacial score (nSPS) is 14.2. The van der Waals surface area contributed by atoms with E-state index in [9.17, 15) is 4.79 Å². The van der Waals surface area contributed by atoms with Gasteiger partial charge in [-0.1, -0.05) is 35.9 Å². The summed E-state index contributed by atoms with van der Waals surface area (Å²) in [5.74, 6) is 0.117. The Labute approximate surface area is 103 Å². The van der Waals surface area contributed by atoms with Gasteiger partial charge in [0.2, 0.25) is 0 Å². The minimum atomic E-state index is 0.117. The lowest BCUT2D eigenvalue weighted by Crippen LogP contribution is -2.01. The highest BCUT2D eigenvalue weighted by Gasteiger charge is 2.22. The van der Waals surface area contributed by atoms with Gasteiger partial charge in [0.05, 0.1) is 4.34 Å². The Kier molecular flexibility index (Phi) is 2.34. The third-order valence-corrected chi connectivity index (χ3v) is 4.23. The number of fused-ring (bicyclic) bond motifs is 2. The summed E-state index contributed by atoms with van der Waals surface area (Å²) in [6.07, 6.45) is 1.83. The second-order valence-corrected chi connectivity index (χ2v) is 5.64. The van der Waals surface area contributed by atoms with E-state index in [2.05, 4.69) is 0 Å². The molecule has 3 heteroatoms. The zero-order chi connectivity index (χ0) is 11.1. The number of aryl methyl sites for hydroxylation is 2. The fourth-order valence-corrected chi connectivity index (χ4v) is 3.39. The van der Waals surface area contributed by atoms with Crippen molar-refractivity contribution in [2.24, 2.45) is 0 Å². The summed E-state index contributed by atoms with van der Waals surface area (Å²) in [6.45, 7) is 0. The van der Waals surface area contributed by atoms with E-state index in [-0.39, 0.29) is 5.78 Å². The third-order valence-electron chi connectivity index (χ3n) is 2.91. The molecule has 80 valence electrons.